The van der Waals surface area contributed by atoms with Crippen molar-refractivity contribution in [2.75, 3.05) is 6.54 Å². The van der Waals surface area contributed by atoms with Crippen molar-refractivity contribution in [3.8, 4) is 11.3 Å². The van der Waals surface area contributed by atoms with Crippen molar-refractivity contribution in [2.45, 2.75) is 13.0 Å². The van der Waals surface area contributed by atoms with Crippen molar-refractivity contribution < 1.29 is 9.90 Å². The molecule has 0 aliphatic heterocycles. The molecule has 5 heteroatoms. The molecule has 1 aromatic carbocycles. The second-order valence-corrected chi connectivity index (χ2v) is 4.08. The molecule has 0 bridgehead atoms. The van der Waals surface area contributed by atoms with Gasteiger partial charge in [-0.3, -0.25) is 9.89 Å². The van der Waals surface area contributed by atoms with Crippen LogP contribution in [0.15, 0.2) is 36.5 Å². The molecular formula is C13H15N3O2. The number of carbonyl (C=O) groups is 1. The first-order valence-corrected chi connectivity index (χ1v) is 5.73. The molecule has 1 aromatic heterocycles. The number of aliphatic hydroxyl groups is 1. The van der Waals surface area contributed by atoms with Crippen LogP contribution in [0.25, 0.3) is 11.3 Å². The molecule has 0 radical (unpaired) electrons. The minimum atomic E-state index is -0.568. The van der Waals surface area contributed by atoms with Crippen LogP contribution in [0.4, 0.5) is 0 Å². The van der Waals surface area contributed by atoms with E-state index in [1.165, 1.54) is 6.20 Å². The van der Waals surface area contributed by atoms with Crippen LogP contribution in [0.1, 0.15) is 17.3 Å². The predicted octanol–water partition coefficient (Wildman–Crippen LogP) is 1.19. The molecule has 94 valence electrons. The minimum Gasteiger partial charge on any atom is -0.392 e. The Kier molecular flexibility index (Phi) is 3.74. The highest BCUT2D eigenvalue weighted by Gasteiger charge is 2.14. The molecular weight excluding hydrogens is 230 g/mol. The molecule has 0 saturated heterocycles. The lowest BCUT2D eigenvalue weighted by Gasteiger charge is -2.07. The van der Waals surface area contributed by atoms with Gasteiger partial charge in [-0.2, -0.15) is 5.10 Å². The average molecular weight is 245 g/mol. The fourth-order valence-electron chi connectivity index (χ4n) is 1.62. The van der Waals surface area contributed by atoms with E-state index in [4.69, 9.17) is 5.11 Å². The number of H-pyrrole nitrogens is 1. The van der Waals surface area contributed by atoms with Crippen molar-refractivity contribution in [1.82, 2.24) is 15.5 Å². The number of carbonyl (C=O) groups excluding carboxylic acids is 1. The fraction of sp³-hybridized carbons (Fsp3) is 0.231. The summed E-state index contributed by atoms with van der Waals surface area (Å²) in [5.41, 5.74) is 2.05. The highest BCUT2D eigenvalue weighted by Crippen LogP contribution is 2.20. The quantitative estimate of drug-likeness (QED) is 0.757. The van der Waals surface area contributed by atoms with E-state index in [1.807, 2.05) is 30.3 Å². The van der Waals surface area contributed by atoms with Gasteiger partial charge in [0.25, 0.3) is 5.91 Å². The van der Waals surface area contributed by atoms with Gasteiger partial charge in [0.2, 0.25) is 0 Å². The van der Waals surface area contributed by atoms with Gasteiger partial charge in [-0.15, -0.1) is 0 Å². The topological polar surface area (TPSA) is 78.0 Å². The van der Waals surface area contributed by atoms with Crippen LogP contribution in [-0.4, -0.2) is 33.9 Å². The van der Waals surface area contributed by atoms with Gasteiger partial charge in [0.05, 0.1) is 23.6 Å². The Hall–Kier alpha value is -2.14. The maximum absolute atomic E-state index is 11.9. The monoisotopic (exact) mass is 245 g/mol. The molecule has 1 heterocycles. The molecule has 0 aliphatic rings. The van der Waals surface area contributed by atoms with Crippen LogP contribution < -0.4 is 5.32 Å². The molecule has 1 amide bonds. The Balaban J connectivity index is 2.20. The summed E-state index contributed by atoms with van der Waals surface area (Å²) in [4.78, 5) is 11.9. The molecule has 3 N–H and O–H groups in total. The van der Waals surface area contributed by atoms with Gasteiger partial charge < -0.3 is 10.4 Å². The molecule has 5 nitrogen and oxygen atoms in total. The third-order valence-electron chi connectivity index (χ3n) is 2.50. The van der Waals surface area contributed by atoms with Gasteiger partial charge in [-0.25, -0.2) is 0 Å². The number of hydrogen-bond donors (Lipinski definition) is 3. The number of aromatic nitrogens is 2. The van der Waals surface area contributed by atoms with Crippen LogP contribution in [0, 0.1) is 0 Å². The standard InChI is InChI=1S/C13H15N3O2/c1-9(17)7-14-13(18)11-8-15-16-12(11)10-5-3-2-4-6-10/h2-6,8-9,17H,7H2,1H3,(H,14,18)(H,15,16). The maximum Gasteiger partial charge on any atom is 0.255 e. The lowest BCUT2D eigenvalue weighted by atomic mass is 10.1. The molecule has 0 spiro atoms. The first kappa shape index (κ1) is 12.3. The van der Waals surface area contributed by atoms with Crippen LogP contribution >= 0.6 is 0 Å². The molecule has 0 saturated carbocycles. The normalized spacial score (nSPS) is 12.1. The minimum absolute atomic E-state index is 0.220. The highest BCUT2D eigenvalue weighted by atomic mass is 16.3. The Morgan fingerprint density at radius 1 is 1.44 bits per heavy atom. The van der Waals surface area contributed by atoms with Gasteiger partial charge in [0, 0.05) is 12.1 Å². The van der Waals surface area contributed by atoms with Gasteiger partial charge in [-0.1, -0.05) is 30.3 Å². The predicted molar refractivity (Wildman–Crippen MR) is 68.0 cm³/mol. The highest BCUT2D eigenvalue weighted by molar-refractivity contribution is 5.99. The Morgan fingerprint density at radius 3 is 2.83 bits per heavy atom. The number of rotatable bonds is 4. The molecule has 0 aliphatic carbocycles. The van der Waals surface area contributed by atoms with E-state index in [1.54, 1.807) is 6.92 Å². The number of benzene rings is 1. The number of nitrogens with zero attached hydrogens (tertiary/aromatic N) is 1. The lowest BCUT2D eigenvalue weighted by Crippen LogP contribution is -2.30. The summed E-state index contributed by atoms with van der Waals surface area (Å²) in [5.74, 6) is -0.247. The zero-order valence-electron chi connectivity index (χ0n) is 10.1. The van der Waals surface area contributed by atoms with Crippen LogP contribution in [0.2, 0.25) is 0 Å². The van der Waals surface area contributed by atoms with Crippen molar-refractivity contribution >= 4 is 5.91 Å². The summed E-state index contributed by atoms with van der Waals surface area (Å²) in [6.45, 7) is 1.84. The van der Waals surface area contributed by atoms with E-state index in [0.29, 0.717) is 11.3 Å². The molecule has 1 atom stereocenters. The number of hydrogen-bond acceptors (Lipinski definition) is 3. The third kappa shape index (κ3) is 2.75. The average Bonchev–Trinajstić information content (AvgIpc) is 2.86. The summed E-state index contributed by atoms with van der Waals surface area (Å²) in [6.07, 6.45) is 0.917. The zero-order valence-corrected chi connectivity index (χ0v) is 10.1. The van der Waals surface area contributed by atoms with E-state index in [2.05, 4.69) is 15.5 Å². The number of aromatic amines is 1. The van der Waals surface area contributed by atoms with E-state index < -0.39 is 6.10 Å². The van der Waals surface area contributed by atoms with Crippen molar-refractivity contribution in [3.63, 3.8) is 0 Å². The van der Waals surface area contributed by atoms with E-state index in [-0.39, 0.29) is 12.5 Å². The summed E-state index contributed by atoms with van der Waals surface area (Å²) < 4.78 is 0. The number of amides is 1. The van der Waals surface area contributed by atoms with Gasteiger partial charge in [0.15, 0.2) is 0 Å². The lowest BCUT2D eigenvalue weighted by molar-refractivity contribution is 0.0924. The van der Waals surface area contributed by atoms with Crippen molar-refractivity contribution in [1.29, 1.82) is 0 Å². The van der Waals surface area contributed by atoms with Crippen LogP contribution in [-0.2, 0) is 0 Å². The van der Waals surface area contributed by atoms with Crippen LogP contribution in [0.3, 0.4) is 0 Å². The molecule has 0 fully saturated rings. The number of nitrogens with one attached hydrogen (secondary N) is 2. The summed E-state index contributed by atoms with van der Waals surface area (Å²) >= 11 is 0. The zero-order chi connectivity index (χ0) is 13.0. The smallest absolute Gasteiger partial charge is 0.255 e. The van der Waals surface area contributed by atoms with E-state index in [0.717, 1.165) is 5.56 Å². The largest absolute Gasteiger partial charge is 0.392 e. The molecule has 18 heavy (non-hydrogen) atoms. The first-order chi connectivity index (χ1) is 8.68. The van der Waals surface area contributed by atoms with Crippen molar-refractivity contribution in [3.05, 3.63) is 42.1 Å². The summed E-state index contributed by atoms with van der Waals surface area (Å²) in [7, 11) is 0. The molecule has 2 rings (SSSR count). The summed E-state index contributed by atoms with van der Waals surface area (Å²) in [6, 6.07) is 9.51. The van der Waals surface area contributed by atoms with E-state index >= 15 is 0 Å². The summed E-state index contributed by atoms with van der Waals surface area (Å²) in [5, 5.41) is 18.5. The Morgan fingerprint density at radius 2 is 2.17 bits per heavy atom. The van der Waals surface area contributed by atoms with E-state index in [9.17, 15) is 4.79 Å². The Labute approximate surface area is 105 Å². The fourth-order valence-corrected chi connectivity index (χ4v) is 1.62. The maximum atomic E-state index is 11.9. The van der Waals surface area contributed by atoms with Gasteiger partial charge in [0.1, 0.15) is 0 Å². The number of aliphatic hydroxyl groups excluding tert-OH is 1. The first-order valence-electron chi connectivity index (χ1n) is 5.73. The second-order valence-electron chi connectivity index (χ2n) is 4.08. The third-order valence-corrected chi connectivity index (χ3v) is 2.50. The Bertz CT molecular complexity index is 520. The second kappa shape index (κ2) is 5.46. The van der Waals surface area contributed by atoms with Crippen molar-refractivity contribution in [2.24, 2.45) is 0 Å². The molecule has 2 aromatic rings. The van der Waals surface area contributed by atoms with Crippen LogP contribution in [0.5, 0.6) is 0 Å². The van der Waals surface area contributed by atoms with Gasteiger partial charge >= 0.3 is 0 Å². The SMILES string of the molecule is CC(O)CNC(=O)c1cn[nH]c1-c1ccccc1. The molecule has 1 unspecified atom stereocenters. The van der Waals surface area contributed by atoms with Gasteiger partial charge in [-0.05, 0) is 6.92 Å².